The third-order valence-electron chi connectivity index (χ3n) is 5.31. The van der Waals surface area contributed by atoms with Gasteiger partial charge in [0.1, 0.15) is 5.82 Å². The highest BCUT2D eigenvalue weighted by Crippen LogP contribution is 2.21. The monoisotopic (exact) mass is 493 g/mol. The highest BCUT2D eigenvalue weighted by molar-refractivity contribution is 14.0. The summed E-state index contributed by atoms with van der Waals surface area (Å²) in [5.74, 6) is 2.73. The largest absolute Gasteiger partial charge is 0.357 e. The molecule has 5 nitrogen and oxygen atoms in total. The fourth-order valence-corrected chi connectivity index (χ4v) is 3.34. The molecule has 3 rings (SSSR count). The number of benzene rings is 1. The summed E-state index contributed by atoms with van der Waals surface area (Å²) >= 11 is 0. The van der Waals surface area contributed by atoms with Crippen LogP contribution < -0.4 is 15.5 Å². The minimum atomic E-state index is 0. The Hall–Kier alpha value is -1.83. The van der Waals surface area contributed by atoms with Crippen LogP contribution in [0.3, 0.4) is 0 Å². The van der Waals surface area contributed by atoms with Gasteiger partial charge in [-0.05, 0) is 48.4 Å². The molecule has 0 unspecified atom stereocenters. The number of halogens is 1. The van der Waals surface area contributed by atoms with Gasteiger partial charge >= 0.3 is 0 Å². The van der Waals surface area contributed by atoms with Crippen molar-refractivity contribution < 1.29 is 0 Å². The van der Waals surface area contributed by atoms with Crippen molar-refractivity contribution in [1.29, 1.82) is 0 Å². The molecule has 0 aliphatic carbocycles. The quantitative estimate of drug-likeness (QED) is 0.374. The highest BCUT2D eigenvalue weighted by atomic mass is 127. The Labute approximate surface area is 186 Å². The average molecular weight is 493 g/mol. The number of hydrogen-bond donors (Lipinski definition) is 2. The topological polar surface area (TPSA) is 52.6 Å². The van der Waals surface area contributed by atoms with Crippen molar-refractivity contribution in [3.8, 4) is 0 Å². The van der Waals surface area contributed by atoms with Gasteiger partial charge in [-0.25, -0.2) is 4.98 Å². The molecule has 0 atom stereocenters. The Bertz CT molecular complexity index is 752. The summed E-state index contributed by atoms with van der Waals surface area (Å²) in [4.78, 5) is 11.4. The fraction of sp³-hybridized carbons (Fsp3) is 0.455. The summed E-state index contributed by atoms with van der Waals surface area (Å²) in [6.45, 7) is 8.15. The number of rotatable bonds is 5. The molecule has 152 valence electrons. The number of anilines is 1. The molecule has 2 N–H and O–H groups in total. The molecule has 28 heavy (non-hydrogen) atoms. The zero-order valence-corrected chi connectivity index (χ0v) is 19.4. The van der Waals surface area contributed by atoms with Gasteiger partial charge in [-0.2, -0.15) is 0 Å². The maximum atomic E-state index is 4.66. The molecule has 0 spiro atoms. The molecule has 0 amide bonds. The van der Waals surface area contributed by atoms with Crippen LogP contribution in [0.1, 0.15) is 36.5 Å². The molecule has 1 saturated heterocycles. The van der Waals surface area contributed by atoms with Gasteiger partial charge in [0.2, 0.25) is 0 Å². The minimum Gasteiger partial charge on any atom is -0.357 e. The second-order valence-corrected chi connectivity index (χ2v) is 7.40. The van der Waals surface area contributed by atoms with Gasteiger partial charge in [0, 0.05) is 39.4 Å². The zero-order chi connectivity index (χ0) is 19.1. The second kappa shape index (κ2) is 11.2. The summed E-state index contributed by atoms with van der Waals surface area (Å²) in [6.07, 6.45) is 4.48. The first kappa shape index (κ1) is 22.5. The van der Waals surface area contributed by atoms with E-state index in [9.17, 15) is 0 Å². The van der Waals surface area contributed by atoms with Crippen LogP contribution in [-0.4, -0.2) is 31.1 Å². The Kier molecular flexibility index (Phi) is 9.02. The predicted molar refractivity (Wildman–Crippen MR) is 128 cm³/mol. The molecule has 2 aromatic rings. The van der Waals surface area contributed by atoms with Crippen molar-refractivity contribution >= 4 is 35.8 Å². The van der Waals surface area contributed by atoms with E-state index in [4.69, 9.17) is 0 Å². The van der Waals surface area contributed by atoms with Crippen LogP contribution in [0, 0.1) is 12.8 Å². The van der Waals surface area contributed by atoms with Crippen LogP contribution >= 0.6 is 24.0 Å². The van der Waals surface area contributed by atoms with Gasteiger partial charge < -0.3 is 15.5 Å². The number of pyridine rings is 1. The molecule has 0 bridgehead atoms. The van der Waals surface area contributed by atoms with E-state index in [1.165, 1.54) is 24.0 Å². The van der Waals surface area contributed by atoms with Crippen molar-refractivity contribution in [3.05, 3.63) is 59.3 Å². The third kappa shape index (κ3) is 6.36. The molecule has 1 aromatic heterocycles. The van der Waals surface area contributed by atoms with Gasteiger partial charge in [0.05, 0.1) is 0 Å². The van der Waals surface area contributed by atoms with Crippen molar-refractivity contribution in [1.82, 2.24) is 15.6 Å². The molecular formula is C22H32IN5. The van der Waals surface area contributed by atoms with Crippen LogP contribution in [0.15, 0.2) is 47.6 Å². The zero-order valence-electron chi connectivity index (χ0n) is 17.1. The number of aryl methyl sites for hydroxylation is 1. The maximum absolute atomic E-state index is 4.66. The number of nitrogens with one attached hydrogen (secondary N) is 2. The van der Waals surface area contributed by atoms with Crippen LogP contribution in [0.5, 0.6) is 0 Å². The number of hydrogen-bond acceptors (Lipinski definition) is 3. The van der Waals surface area contributed by atoms with E-state index in [1.54, 1.807) is 7.05 Å². The number of aromatic nitrogens is 1. The minimum absolute atomic E-state index is 0. The van der Waals surface area contributed by atoms with Gasteiger partial charge in [0.25, 0.3) is 0 Å². The second-order valence-electron chi connectivity index (χ2n) is 7.40. The van der Waals surface area contributed by atoms with Crippen molar-refractivity contribution in [2.45, 2.75) is 39.8 Å². The third-order valence-corrected chi connectivity index (χ3v) is 5.31. The Morgan fingerprint density at radius 3 is 2.46 bits per heavy atom. The van der Waals surface area contributed by atoms with E-state index in [1.807, 2.05) is 6.20 Å². The summed E-state index contributed by atoms with van der Waals surface area (Å²) in [7, 11) is 1.80. The van der Waals surface area contributed by atoms with E-state index in [0.717, 1.165) is 42.9 Å². The van der Waals surface area contributed by atoms with E-state index in [2.05, 4.69) is 75.8 Å². The lowest BCUT2D eigenvalue weighted by molar-refractivity contribution is 0.436. The van der Waals surface area contributed by atoms with E-state index in [0.29, 0.717) is 6.54 Å². The SMILES string of the molecule is CN=C(NCc1ccc(N2CCC(C)CC2)nc1)NCc1ccccc1C.I. The smallest absolute Gasteiger partial charge is 0.191 e. The molecule has 1 aliphatic heterocycles. The van der Waals surface area contributed by atoms with Crippen LogP contribution in [0.4, 0.5) is 5.82 Å². The number of guanidine groups is 1. The Morgan fingerprint density at radius 1 is 1.11 bits per heavy atom. The summed E-state index contributed by atoms with van der Waals surface area (Å²) in [5, 5.41) is 6.74. The Balaban J connectivity index is 0.00000280. The van der Waals surface area contributed by atoms with Gasteiger partial charge in [-0.15, -0.1) is 24.0 Å². The number of nitrogens with zero attached hydrogens (tertiary/aromatic N) is 3. The Morgan fingerprint density at radius 2 is 1.82 bits per heavy atom. The first-order valence-corrected chi connectivity index (χ1v) is 9.84. The lowest BCUT2D eigenvalue weighted by Crippen LogP contribution is -2.36. The molecule has 0 radical (unpaired) electrons. The molecule has 1 aromatic carbocycles. The summed E-state index contributed by atoms with van der Waals surface area (Å²) in [5.41, 5.74) is 3.72. The average Bonchev–Trinajstić information content (AvgIpc) is 2.70. The molecular weight excluding hydrogens is 461 g/mol. The lowest BCUT2D eigenvalue weighted by Gasteiger charge is -2.31. The summed E-state index contributed by atoms with van der Waals surface area (Å²) < 4.78 is 0. The van der Waals surface area contributed by atoms with Gasteiger partial charge in [-0.3, -0.25) is 4.99 Å². The van der Waals surface area contributed by atoms with Gasteiger partial charge in [0.15, 0.2) is 5.96 Å². The van der Waals surface area contributed by atoms with Crippen LogP contribution in [-0.2, 0) is 13.1 Å². The van der Waals surface area contributed by atoms with Crippen LogP contribution in [0.2, 0.25) is 0 Å². The normalized spacial score (nSPS) is 15.1. The van der Waals surface area contributed by atoms with Crippen molar-refractivity contribution in [2.24, 2.45) is 10.9 Å². The summed E-state index contributed by atoms with van der Waals surface area (Å²) in [6, 6.07) is 12.7. The van der Waals surface area contributed by atoms with E-state index < -0.39 is 0 Å². The molecule has 2 heterocycles. The first-order chi connectivity index (χ1) is 13.2. The predicted octanol–water partition coefficient (Wildman–Crippen LogP) is 4.11. The van der Waals surface area contributed by atoms with E-state index in [-0.39, 0.29) is 24.0 Å². The number of aliphatic imine (C=N–C) groups is 1. The number of piperidine rings is 1. The standard InChI is InChI=1S/C22H31N5.HI/c1-17-10-12-27(13-11-17)21-9-8-19(14-24-21)15-25-22(23-3)26-16-20-7-5-4-6-18(20)2;/h4-9,14,17H,10-13,15-16H2,1-3H3,(H2,23,25,26);1H. The van der Waals surface area contributed by atoms with Gasteiger partial charge in [-0.1, -0.05) is 37.3 Å². The molecule has 1 fully saturated rings. The first-order valence-electron chi connectivity index (χ1n) is 9.84. The molecule has 1 aliphatic rings. The van der Waals surface area contributed by atoms with Crippen LogP contribution in [0.25, 0.3) is 0 Å². The van der Waals surface area contributed by atoms with E-state index >= 15 is 0 Å². The lowest BCUT2D eigenvalue weighted by atomic mass is 9.99. The van der Waals surface area contributed by atoms with Crippen molar-refractivity contribution in [3.63, 3.8) is 0 Å². The molecule has 6 heteroatoms. The maximum Gasteiger partial charge on any atom is 0.191 e. The molecule has 0 saturated carbocycles. The fourth-order valence-electron chi connectivity index (χ4n) is 3.34. The highest BCUT2D eigenvalue weighted by Gasteiger charge is 2.16. The van der Waals surface area contributed by atoms with Crippen molar-refractivity contribution in [2.75, 3.05) is 25.0 Å².